The van der Waals surface area contributed by atoms with E-state index in [0.717, 1.165) is 22.3 Å². The first-order valence-corrected chi connectivity index (χ1v) is 15.9. The smallest absolute Gasteiger partial charge is 0.243 e. The van der Waals surface area contributed by atoms with Crippen molar-refractivity contribution in [2.75, 3.05) is 6.54 Å². The van der Waals surface area contributed by atoms with Crippen LogP contribution in [0.4, 0.5) is 0 Å². The predicted molar refractivity (Wildman–Crippen MR) is 178 cm³/mol. The molecule has 3 atom stereocenters. The van der Waals surface area contributed by atoms with Crippen molar-refractivity contribution in [3.05, 3.63) is 143 Å². The Morgan fingerprint density at radius 1 is 0.886 bits per heavy atom. The number of hydrogen-bond donors (Lipinski definition) is 3. The van der Waals surface area contributed by atoms with Gasteiger partial charge in [-0.2, -0.15) is 0 Å². The summed E-state index contributed by atoms with van der Waals surface area (Å²) in [5.74, 6) is -0.691. The molecule has 6 nitrogen and oxygen atoms in total. The highest BCUT2D eigenvalue weighted by atomic mass is 35.5. The largest absolute Gasteiger partial charge is 0.391 e. The fraction of sp³-hybridized carbons (Fsp3) is 0.278. The monoisotopic (exact) mass is 627 g/mol. The van der Waals surface area contributed by atoms with Crippen molar-refractivity contribution in [3.8, 4) is 0 Å². The molecule has 1 unspecified atom stereocenters. The number of carbonyl (C=O) groups is 2. The number of likely N-dealkylation sites (tertiary alicyclic amines) is 1. The Hall–Kier alpha value is -3.62. The number of halogens is 1. The van der Waals surface area contributed by atoms with Crippen molar-refractivity contribution < 1.29 is 14.7 Å². The van der Waals surface area contributed by atoms with Gasteiger partial charge in [0.25, 0.3) is 0 Å². The number of aliphatic hydroxyl groups is 1. The number of β-amino-alcohol motifs (C(OH)–C–C–N with tert-alkyl or cyclic N) is 1. The maximum atomic E-state index is 14.1. The molecule has 4 N–H and O–H groups in total. The van der Waals surface area contributed by atoms with Crippen molar-refractivity contribution in [3.63, 3.8) is 0 Å². The Labute approximate surface area is 268 Å². The minimum atomic E-state index is -0.972. The molecule has 0 saturated carbocycles. The fourth-order valence-electron chi connectivity index (χ4n) is 5.84. The third-order valence-corrected chi connectivity index (χ3v) is 10.3. The molecule has 228 valence electrons. The maximum absolute atomic E-state index is 14.1. The SMILES string of the molecule is CC(C)(SC(c1ccccc1)(c1ccccc1)c1ccccc1)C(N)C(=O)N1C[C@H](O)C[C@H]1C(=O)NCc1ccc(Cl)cc1. The number of nitrogens with two attached hydrogens (primary N) is 1. The summed E-state index contributed by atoms with van der Waals surface area (Å²) < 4.78 is -1.50. The van der Waals surface area contributed by atoms with E-state index < -0.39 is 27.7 Å². The molecule has 4 aromatic carbocycles. The van der Waals surface area contributed by atoms with Crippen molar-refractivity contribution in [1.82, 2.24) is 10.2 Å². The highest BCUT2D eigenvalue weighted by molar-refractivity contribution is 8.02. The molecule has 0 spiro atoms. The van der Waals surface area contributed by atoms with Gasteiger partial charge in [0.05, 0.1) is 16.9 Å². The van der Waals surface area contributed by atoms with Gasteiger partial charge in [-0.25, -0.2) is 0 Å². The number of nitrogens with zero attached hydrogens (tertiary/aromatic N) is 1. The zero-order chi connectivity index (χ0) is 31.3. The molecule has 1 aliphatic rings. The summed E-state index contributed by atoms with van der Waals surface area (Å²) in [5.41, 5.74) is 10.9. The van der Waals surface area contributed by atoms with E-state index in [1.807, 2.05) is 80.6 Å². The van der Waals surface area contributed by atoms with Gasteiger partial charge in [-0.1, -0.05) is 115 Å². The number of thioether (sulfide) groups is 1. The third-order valence-electron chi connectivity index (χ3n) is 8.22. The number of nitrogens with one attached hydrogen (secondary N) is 1. The summed E-state index contributed by atoms with van der Waals surface area (Å²) in [5, 5.41) is 14.1. The molecular weight excluding hydrogens is 590 g/mol. The summed E-state index contributed by atoms with van der Waals surface area (Å²) in [7, 11) is 0. The van der Waals surface area contributed by atoms with Crippen LogP contribution in [-0.4, -0.2) is 51.3 Å². The second kappa shape index (κ2) is 13.6. The molecular formula is C36H38ClN3O3S. The lowest BCUT2D eigenvalue weighted by molar-refractivity contribution is -0.140. The summed E-state index contributed by atoms with van der Waals surface area (Å²) >= 11 is 7.61. The first-order valence-electron chi connectivity index (χ1n) is 14.7. The van der Waals surface area contributed by atoms with Crippen molar-refractivity contribution in [2.24, 2.45) is 5.73 Å². The highest BCUT2D eigenvalue weighted by Gasteiger charge is 2.48. The van der Waals surface area contributed by atoms with Crippen LogP contribution in [0.1, 0.15) is 42.5 Å². The van der Waals surface area contributed by atoms with Gasteiger partial charge in [0.15, 0.2) is 0 Å². The van der Waals surface area contributed by atoms with Gasteiger partial charge in [-0.3, -0.25) is 9.59 Å². The molecule has 5 rings (SSSR count). The molecule has 1 heterocycles. The number of carbonyl (C=O) groups excluding carboxylic acids is 2. The minimum absolute atomic E-state index is 0.0491. The lowest BCUT2D eigenvalue weighted by Crippen LogP contribution is -2.57. The van der Waals surface area contributed by atoms with Crippen LogP contribution >= 0.6 is 23.4 Å². The van der Waals surface area contributed by atoms with Gasteiger partial charge in [-0.15, -0.1) is 11.8 Å². The molecule has 8 heteroatoms. The first-order chi connectivity index (χ1) is 21.1. The van der Waals surface area contributed by atoms with Crippen LogP contribution in [0.5, 0.6) is 0 Å². The summed E-state index contributed by atoms with van der Waals surface area (Å²) in [6.07, 6.45) is -0.661. The van der Waals surface area contributed by atoms with E-state index in [4.69, 9.17) is 17.3 Å². The van der Waals surface area contributed by atoms with Crippen LogP contribution in [-0.2, 0) is 20.9 Å². The van der Waals surface area contributed by atoms with Crippen LogP contribution in [0.3, 0.4) is 0 Å². The number of amides is 2. The van der Waals surface area contributed by atoms with E-state index in [1.54, 1.807) is 23.9 Å². The molecule has 4 aromatic rings. The summed E-state index contributed by atoms with van der Waals surface area (Å²) in [4.78, 5) is 28.9. The van der Waals surface area contributed by atoms with E-state index in [1.165, 1.54) is 4.90 Å². The standard InChI is InChI=1S/C36H38ClN3O3S/c1-35(2,32(38)34(43)40-24-30(41)22-31(40)33(42)39-23-25-18-20-29(37)21-19-25)44-36(26-12-6-3-7-13-26,27-14-8-4-9-15-27)28-16-10-5-11-17-28/h3-21,30-32,41H,22-24,38H2,1-2H3,(H,39,42)/t30-,31+,32?/m1/s1. The molecule has 2 amide bonds. The highest BCUT2D eigenvalue weighted by Crippen LogP contribution is 2.54. The minimum Gasteiger partial charge on any atom is -0.391 e. The second-order valence-corrected chi connectivity index (χ2v) is 14.0. The molecule has 0 aliphatic carbocycles. The third kappa shape index (κ3) is 6.71. The van der Waals surface area contributed by atoms with Gasteiger partial charge in [0.2, 0.25) is 11.8 Å². The maximum Gasteiger partial charge on any atom is 0.243 e. The van der Waals surface area contributed by atoms with Crippen molar-refractivity contribution in [1.29, 1.82) is 0 Å². The zero-order valence-corrected chi connectivity index (χ0v) is 26.5. The van der Waals surface area contributed by atoms with Crippen LogP contribution < -0.4 is 11.1 Å². The normalized spacial score (nSPS) is 17.7. The van der Waals surface area contributed by atoms with Gasteiger partial charge in [0.1, 0.15) is 6.04 Å². The molecule has 1 aliphatic heterocycles. The Kier molecular flexibility index (Phi) is 9.81. The van der Waals surface area contributed by atoms with E-state index >= 15 is 0 Å². The number of rotatable bonds is 10. The number of benzene rings is 4. The average Bonchev–Trinajstić information content (AvgIpc) is 3.45. The van der Waals surface area contributed by atoms with Crippen molar-refractivity contribution >= 4 is 35.2 Å². The summed E-state index contributed by atoms with van der Waals surface area (Å²) in [6.45, 7) is 4.29. The average molecular weight is 628 g/mol. The van der Waals surface area contributed by atoms with E-state index in [0.29, 0.717) is 5.02 Å². The van der Waals surface area contributed by atoms with Gasteiger partial charge in [0, 0.05) is 29.3 Å². The molecule has 0 aromatic heterocycles. The Bertz CT molecular complexity index is 1460. The zero-order valence-electron chi connectivity index (χ0n) is 24.9. The van der Waals surface area contributed by atoms with E-state index in [-0.39, 0.29) is 31.3 Å². The molecule has 1 fully saturated rings. The number of aliphatic hydroxyl groups excluding tert-OH is 1. The molecule has 44 heavy (non-hydrogen) atoms. The quantitative estimate of drug-likeness (QED) is 0.195. The van der Waals surface area contributed by atoms with E-state index in [2.05, 4.69) is 41.7 Å². The van der Waals surface area contributed by atoms with E-state index in [9.17, 15) is 14.7 Å². The Morgan fingerprint density at radius 3 is 1.84 bits per heavy atom. The number of hydrogen-bond acceptors (Lipinski definition) is 5. The predicted octanol–water partition coefficient (Wildman–Crippen LogP) is 5.75. The second-order valence-electron chi connectivity index (χ2n) is 11.7. The topological polar surface area (TPSA) is 95.7 Å². The van der Waals surface area contributed by atoms with Crippen LogP contribution in [0.2, 0.25) is 5.02 Å². The Balaban J connectivity index is 1.44. The van der Waals surface area contributed by atoms with Crippen LogP contribution in [0, 0.1) is 0 Å². The van der Waals surface area contributed by atoms with Crippen LogP contribution in [0.25, 0.3) is 0 Å². The van der Waals surface area contributed by atoms with Gasteiger partial charge < -0.3 is 21.1 Å². The fourth-order valence-corrected chi connectivity index (χ4v) is 7.75. The lowest BCUT2D eigenvalue weighted by Gasteiger charge is -2.44. The van der Waals surface area contributed by atoms with Gasteiger partial charge >= 0.3 is 0 Å². The van der Waals surface area contributed by atoms with Crippen LogP contribution in [0.15, 0.2) is 115 Å². The Morgan fingerprint density at radius 2 is 1.36 bits per heavy atom. The molecule has 0 radical (unpaired) electrons. The van der Waals surface area contributed by atoms with Crippen molar-refractivity contribution in [2.45, 2.75) is 54.5 Å². The van der Waals surface area contributed by atoms with Gasteiger partial charge in [-0.05, 0) is 48.2 Å². The lowest BCUT2D eigenvalue weighted by atomic mass is 9.84. The first kappa shape index (κ1) is 31.8. The molecule has 1 saturated heterocycles. The summed E-state index contributed by atoms with van der Waals surface area (Å²) in [6, 6.07) is 36.1. The molecule has 0 bridgehead atoms.